The summed E-state index contributed by atoms with van der Waals surface area (Å²) in [5.41, 5.74) is 2.69. The van der Waals surface area contributed by atoms with E-state index in [1.54, 1.807) is 6.20 Å². The Morgan fingerprint density at radius 1 is 1.15 bits per heavy atom. The number of nitrogens with one attached hydrogen (secondary N) is 1. The Morgan fingerprint density at radius 3 is 2.70 bits per heavy atom. The first kappa shape index (κ1) is 12.0. The van der Waals surface area contributed by atoms with Crippen LogP contribution >= 0.6 is 0 Å². The van der Waals surface area contributed by atoms with Crippen molar-refractivity contribution in [3.05, 3.63) is 54.1 Å². The molecule has 1 aromatic heterocycles. The lowest BCUT2D eigenvalue weighted by molar-refractivity contribution is 0.502. The van der Waals surface area contributed by atoms with E-state index in [1.165, 1.54) is 18.4 Å². The topological polar surface area (TPSA) is 24.9 Å². The number of pyridine rings is 1. The van der Waals surface area contributed by atoms with Crippen LogP contribution < -0.4 is 5.32 Å². The van der Waals surface area contributed by atoms with Gasteiger partial charge in [0, 0.05) is 29.8 Å². The Kier molecular flexibility index (Phi) is 2.81. The smallest absolute Gasteiger partial charge is 0.220 e. The van der Waals surface area contributed by atoms with Crippen molar-refractivity contribution in [1.82, 2.24) is 10.3 Å². The molecule has 2 nitrogen and oxygen atoms in total. The minimum Gasteiger partial charge on any atom is -0.311 e. The van der Waals surface area contributed by atoms with Crippen molar-refractivity contribution in [3.8, 4) is 11.1 Å². The van der Waals surface area contributed by atoms with Crippen molar-refractivity contribution in [3.63, 3.8) is 0 Å². The van der Waals surface area contributed by atoms with Gasteiger partial charge in [0.15, 0.2) is 0 Å². The van der Waals surface area contributed by atoms with Gasteiger partial charge in [-0.25, -0.2) is 4.98 Å². The van der Waals surface area contributed by atoms with E-state index >= 15 is 0 Å². The molecule has 0 unspecified atom stereocenters. The fraction of sp³-hybridized carbons (Fsp3) is 0.353. The van der Waals surface area contributed by atoms with Gasteiger partial charge in [-0.05, 0) is 36.5 Å². The summed E-state index contributed by atoms with van der Waals surface area (Å²) in [5.74, 6) is 0.111. The van der Waals surface area contributed by atoms with Crippen LogP contribution in [0.15, 0.2) is 42.6 Å². The summed E-state index contributed by atoms with van der Waals surface area (Å²) in [6.45, 7) is 0. The molecule has 2 aliphatic heterocycles. The quantitative estimate of drug-likeness (QED) is 0.843. The zero-order valence-corrected chi connectivity index (χ0v) is 11.2. The number of fused-ring (bicyclic) bond motifs is 2. The molecule has 0 saturated carbocycles. The number of rotatable bonds is 2. The molecule has 3 heterocycles. The molecule has 2 aromatic rings. The fourth-order valence-electron chi connectivity index (χ4n) is 3.68. The van der Waals surface area contributed by atoms with Crippen molar-refractivity contribution >= 4 is 0 Å². The van der Waals surface area contributed by atoms with E-state index in [-0.39, 0.29) is 5.95 Å². The number of halogens is 1. The van der Waals surface area contributed by atoms with Crippen molar-refractivity contribution in [2.75, 3.05) is 0 Å². The number of hydrogen-bond acceptors (Lipinski definition) is 2. The van der Waals surface area contributed by atoms with Crippen LogP contribution in [0.2, 0.25) is 0 Å². The van der Waals surface area contributed by atoms with Crippen molar-refractivity contribution in [2.24, 2.45) is 0 Å². The van der Waals surface area contributed by atoms with E-state index in [2.05, 4.69) is 10.3 Å². The molecule has 3 heteroatoms. The van der Waals surface area contributed by atoms with Gasteiger partial charge in [0.25, 0.3) is 0 Å². The van der Waals surface area contributed by atoms with Gasteiger partial charge in [0.2, 0.25) is 5.95 Å². The molecule has 0 amide bonds. The molecule has 0 spiro atoms. The third-order valence-corrected chi connectivity index (χ3v) is 4.67. The maximum absolute atomic E-state index is 14.0. The third kappa shape index (κ3) is 1.93. The lowest BCUT2D eigenvalue weighted by atomic mass is 9.84. The second kappa shape index (κ2) is 4.67. The number of benzene rings is 1. The number of hydrogen-bond donors (Lipinski definition) is 1. The largest absolute Gasteiger partial charge is 0.311 e. The zero-order chi connectivity index (χ0) is 13.5. The van der Waals surface area contributed by atoms with Crippen LogP contribution in [0.3, 0.4) is 0 Å². The van der Waals surface area contributed by atoms with Gasteiger partial charge in [0.05, 0.1) is 0 Å². The molecule has 2 saturated heterocycles. The molecule has 2 aliphatic rings. The average molecular weight is 268 g/mol. The van der Waals surface area contributed by atoms with Gasteiger partial charge < -0.3 is 5.32 Å². The standard InChI is InChI=1S/C17H17FN2/c18-17-15(11-4-2-1-3-5-11)8-12(10-19-17)14-9-13-6-7-16(14)20-13/h1-5,8,10,13-14,16,20H,6-7,9H2/t13-,14+,16+/m0/s1. The summed E-state index contributed by atoms with van der Waals surface area (Å²) in [6, 6.07) is 12.9. The number of aromatic nitrogens is 1. The predicted molar refractivity (Wildman–Crippen MR) is 76.9 cm³/mol. The fourth-order valence-corrected chi connectivity index (χ4v) is 3.68. The van der Waals surface area contributed by atoms with Crippen molar-refractivity contribution < 1.29 is 4.39 Å². The molecule has 3 atom stereocenters. The average Bonchev–Trinajstić information content (AvgIpc) is 3.11. The Hall–Kier alpha value is -1.74. The molecular weight excluding hydrogens is 251 g/mol. The summed E-state index contributed by atoms with van der Waals surface area (Å²) in [5, 5.41) is 3.63. The van der Waals surface area contributed by atoms with Crippen LogP contribution in [0.5, 0.6) is 0 Å². The Labute approximate surface area is 118 Å². The maximum atomic E-state index is 14.0. The molecule has 0 radical (unpaired) electrons. The highest BCUT2D eigenvalue weighted by atomic mass is 19.1. The summed E-state index contributed by atoms with van der Waals surface area (Å²) in [4.78, 5) is 3.99. The van der Waals surface area contributed by atoms with E-state index in [4.69, 9.17) is 0 Å². The molecule has 2 fully saturated rings. The SMILES string of the molecule is Fc1ncc([C@H]2C[C@@H]3CC[C@H]2N3)cc1-c1ccccc1. The van der Waals surface area contributed by atoms with Gasteiger partial charge in [-0.1, -0.05) is 30.3 Å². The van der Waals surface area contributed by atoms with Gasteiger partial charge in [-0.2, -0.15) is 4.39 Å². The lowest BCUT2D eigenvalue weighted by Gasteiger charge is -2.20. The zero-order valence-electron chi connectivity index (χ0n) is 11.2. The molecule has 4 rings (SSSR count). The van der Waals surface area contributed by atoms with E-state index in [0.717, 1.165) is 12.0 Å². The predicted octanol–water partition coefficient (Wildman–Crippen LogP) is 3.50. The molecular formula is C17H17FN2. The highest BCUT2D eigenvalue weighted by Gasteiger charge is 2.39. The minimum atomic E-state index is -0.379. The monoisotopic (exact) mass is 268 g/mol. The Balaban J connectivity index is 1.72. The van der Waals surface area contributed by atoms with Gasteiger partial charge in [-0.15, -0.1) is 0 Å². The van der Waals surface area contributed by atoms with Crippen LogP contribution in [0.4, 0.5) is 4.39 Å². The first-order chi connectivity index (χ1) is 9.81. The maximum Gasteiger partial charge on any atom is 0.220 e. The molecule has 20 heavy (non-hydrogen) atoms. The first-order valence-electron chi connectivity index (χ1n) is 7.28. The lowest BCUT2D eigenvalue weighted by Crippen LogP contribution is -2.21. The van der Waals surface area contributed by atoms with E-state index in [0.29, 0.717) is 23.6 Å². The summed E-state index contributed by atoms with van der Waals surface area (Å²) in [7, 11) is 0. The van der Waals surface area contributed by atoms with Gasteiger partial charge in [-0.3, -0.25) is 0 Å². The normalized spacial score (nSPS) is 27.9. The van der Waals surface area contributed by atoms with Gasteiger partial charge in [0.1, 0.15) is 0 Å². The first-order valence-corrected chi connectivity index (χ1v) is 7.28. The highest BCUT2D eigenvalue weighted by Crippen LogP contribution is 2.40. The van der Waals surface area contributed by atoms with Crippen LogP contribution in [0, 0.1) is 5.95 Å². The Morgan fingerprint density at radius 2 is 2.00 bits per heavy atom. The highest BCUT2D eigenvalue weighted by molar-refractivity contribution is 5.63. The molecule has 0 aliphatic carbocycles. The van der Waals surface area contributed by atoms with E-state index < -0.39 is 0 Å². The van der Waals surface area contributed by atoms with Crippen LogP contribution in [-0.4, -0.2) is 17.1 Å². The van der Waals surface area contributed by atoms with Crippen molar-refractivity contribution in [1.29, 1.82) is 0 Å². The third-order valence-electron chi connectivity index (χ3n) is 4.67. The summed E-state index contributed by atoms with van der Waals surface area (Å²) in [6.07, 6.45) is 5.38. The second-order valence-corrected chi connectivity index (χ2v) is 5.86. The van der Waals surface area contributed by atoms with Gasteiger partial charge >= 0.3 is 0 Å². The second-order valence-electron chi connectivity index (χ2n) is 5.86. The number of nitrogens with zero attached hydrogens (tertiary/aromatic N) is 1. The van der Waals surface area contributed by atoms with Crippen LogP contribution in [0.25, 0.3) is 11.1 Å². The molecule has 2 bridgehead atoms. The van der Waals surface area contributed by atoms with E-state index in [9.17, 15) is 4.39 Å². The van der Waals surface area contributed by atoms with Crippen LogP contribution in [0.1, 0.15) is 30.7 Å². The molecule has 1 aromatic carbocycles. The van der Waals surface area contributed by atoms with Crippen molar-refractivity contribution in [2.45, 2.75) is 37.3 Å². The molecule has 102 valence electrons. The summed E-state index contributed by atoms with van der Waals surface area (Å²) >= 11 is 0. The van der Waals surface area contributed by atoms with Crippen LogP contribution in [-0.2, 0) is 0 Å². The molecule has 1 N–H and O–H groups in total. The van der Waals surface area contributed by atoms with E-state index in [1.807, 2.05) is 36.4 Å². The Bertz CT molecular complexity index is 626. The summed E-state index contributed by atoms with van der Waals surface area (Å²) < 4.78 is 14.0. The minimum absolute atomic E-state index is 0.379.